The molecule has 1 aromatic heterocycles. The molecule has 0 spiro atoms. The fourth-order valence-corrected chi connectivity index (χ4v) is 6.24. The van der Waals surface area contributed by atoms with E-state index in [0.717, 1.165) is 31.6 Å². The monoisotopic (exact) mass is 524 g/mol. The molecule has 2 bridgehead atoms. The summed E-state index contributed by atoms with van der Waals surface area (Å²) in [6, 6.07) is 9.67. The lowest BCUT2D eigenvalue weighted by Crippen LogP contribution is -2.67. The second-order valence-electron chi connectivity index (χ2n) is 12.2. The maximum Gasteiger partial charge on any atom is 0.410 e. The molecule has 0 aliphatic carbocycles. The van der Waals surface area contributed by atoms with E-state index in [-0.39, 0.29) is 23.5 Å². The quantitative estimate of drug-likeness (QED) is 0.620. The molecule has 206 valence electrons. The van der Waals surface area contributed by atoms with Crippen molar-refractivity contribution in [3.63, 3.8) is 0 Å². The van der Waals surface area contributed by atoms with Crippen LogP contribution in [0.3, 0.4) is 0 Å². The van der Waals surface area contributed by atoms with Crippen molar-refractivity contribution in [1.82, 2.24) is 20.0 Å². The van der Waals surface area contributed by atoms with Gasteiger partial charge in [0.1, 0.15) is 11.4 Å². The average molecular weight is 525 g/mol. The van der Waals surface area contributed by atoms with Crippen LogP contribution in [-0.4, -0.2) is 93.3 Å². The number of rotatable bonds is 4. The molecular weight excluding hydrogens is 484 g/mol. The third kappa shape index (κ3) is 5.11. The number of morpholine rings is 1. The molecule has 3 saturated heterocycles. The van der Waals surface area contributed by atoms with E-state index in [0.29, 0.717) is 48.9 Å². The van der Waals surface area contributed by atoms with Gasteiger partial charge in [0.05, 0.1) is 30.6 Å². The number of hydrogen-bond acceptors (Lipinski definition) is 9. The number of para-hydroxylation sites is 1. The van der Waals surface area contributed by atoms with Crippen molar-refractivity contribution in [3.05, 3.63) is 30.3 Å². The van der Waals surface area contributed by atoms with Gasteiger partial charge in [0.2, 0.25) is 0 Å². The van der Waals surface area contributed by atoms with Crippen molar-refractivity contribution in [2.75, 3.05) is 43.4 Å². The Morgan fingerprint density at radius 3 is 2.42 bits per heavy atom. The summed E-state index contributed by atoms with van der Waals surface area (Å²) in [7, 11) is 0. The second kappa shape index (κ2) is 9.89. The number of ether oxygens (including phenoxy) is 2. The number of benzene rings is 1. The van der Waals surface area contributed by atoms with Crippen LogP contribution < -0.4 is 10.6 Å². The molecule has 2 aromatic rings. The molecule has 5 rings (SSSR count). The van der Waals surface area contributed by atoms with E-state index < -0.39 is 5.60 Å². The van der Waals surface area contributed by atoms with E-state index in [4.69, 9.17) is 15.2 Å². The number of carbonyl (C=O) groups is 1. The lowest BCUT2D eigenvalue weighted by molar-refractivity contribution is -0.116. The lowest BCUT2D eigenvalue weighted by atomic mass is 9.90. The van der Waals surface area contributed by atoms with Gasteiger partial charge < -0.3 is 30.1 Å². The third-order valence-electron chi connectivity index (χ3n) is 7.98. The van der Waals surface area contributed by atoms with Gasteiger partial charge >= 0.3 is 6.09 Å². The fraction of sp³-hybridized carbons (Fsp3) is 0.607. The number of nitrogens with two attached hydrogens (primary N) is 1. The minimum absolute atomic E-state index is 0.126. The number of aromatic nitrogens is 2. The van der Waals surface area contributed by atoms with E-state index in [1.54, 1.807) is 17.0 Å². The highest BCUT2D eigenvalue weighted by Crippen LogP contribution is 2.41. The summed E-state index contributed by atoms with van der Waals surface area (Å²) >= 11 is 0. The van der Waals surface area contributed by atoms with Crippen LogP contribution in [0, 0.1) is 0 Å². The molecule has 3 aliphatic rings. The zero-order valence-corrected chi connectivity index (χ0v) is 23.1. The SMILES string of the molecule is CC(C)(C)OC(=O)N1CCOC(C(C)(C)N2C3CCC2CN(c2cc(-c4ccccc4O)nnc2N)C3)C1. The summed E-state index contributed by atoms with van der Waals surface area (Å²) in [5.41, 5.74) is 7.58. The number of nitrogen functional groups attached to an aromatic ring is 1. The Bertz CT molecular complexity index is 1170. The first-order valence-corrected chi connectivity index (χ1v) is 13.5. The molecule has 1 amide bonds. The highest BCUT2D eigenvalue weighted by molar-refractivity contribution is 5.74. The van der Waals surface area contributed by atoms with Crippen LogP contribution in [0.4, 0.5) is 16.3 Å². The van der Waals surface area contributed by atoms with Crippen LogP contribution >= 0.6 is 0 Å². The number of anilines is 2. The smallest absolute Gasteiger partial charge is 0.410 e. The summed E-state index contributed by atoms with van der Waals surface area (Å²) < 4.78 is 11.9. The van der Waals surface area contributed by atoms with Crippen LogP contribution in [0.15, 0.2) is 30.3 Å². The molecule has 0 saturated carbocycles. The van der Waals surface area contributed by atoms with Crippen molar-refractivity contribution >= 4 is 17.6 Å². The number of piperazine rings is 1. The van der Waals surface area contributed by atoms with Crippen LogP contribution in [0.2, 0.25) is 0 Å². The fourth-order valence-electron chi connectivity index (χ4n) is 6.24. The highest BCUT2D eigenvalue weighted by Gasteiger charge is 2.51. The Kier molecular flexibility index (Phi) is 6.89. The molecule has 4 heterocycles. The Morgan fingerprint density at radius 2 is 1.76 bits per heavy atom. The molecule has 3 fully saturated rings. The Labute approximate surface area is 224 Å². The highest BCUT2D eigenvalue weighted by atomic mass is 16.6. The predicted molar refractivity (Wildman–Crippen MR) is 146 cm³/mol. The number of nitrogens with zero attached hydrogens (tertiary/aromatic N) is 5. The van der Waals surface area contributed by atoms with Crippen molar-refractivity contribution in [3.8, 4) is 17.0 Å². The minimum atomic E-state index is -0.529. The molecule has 10 heteroatoms. The Hall–Kier alpha value is -3.11. The maximum atomic E-state index is 12.8. The number of hydrogen-bond donors (Lipinski definition) is 2. The average Bonchev–Trinajstić information content (AvgIpc) is 3.15. The topological polar surface area (TPSA) is 117 Å². The second-order valence-corrected chi connectivity index (χ2v) is 12.2. The molecule has 0 radical (unpaired) electrons. The molecule has 3 unspecified atom stereocenters. The molecule has 3 atom stereocenters. The van der Waals surface area contributed by atoms with E-state index in [1.165, 1.54) is 0 Å². The first kappa shape index (κ1) is 26.5. The van der Waals surface area contributed by atoms with Gasteiger partial charge in [-0.05, 0) is 65.7 Å². The van der Waals surface area contributed by atoms with Gasteiger partial charge in [0.15, 0.2) is 5.82 Å². The van der Waals surface area contributed by atoms with E-state index >= 15 is 0 Å². The van der Waals surface area contributed by atoms with E-state index in [9.17, 15) is 9.90 Å². The summed E-state index contributed by atoms with van der Waals surface area (Å²) in [5, 5.41) is 18.8. The largest absolute Gasteiger partial charge is 0.507 e. The number of fused-ring (bicyclic) bond motifs is 2. The zero-order chi connectivity index (χ0) is 27.2. The first-order valence-electron chi connectivity index (χ1n) is 13.5. The van der Waals surface area contributed by atoms with Crippen molar-refractivity contribution in [2.24, 2.45) is 0 Å². The molecular formula is C28H40N6O4. The Morgan fingerprint density at radius 1 is 1.08 bits per heavy atom. The molecule has 10 nitrogen and oxygen atoms in total. The molecule has 3 N–H and O–H groups in total. The van der Waals surface area contributed by atoms with Gasteiger partial charge in [0.25, 0.3) is 0 Å². The van der Waals surface area contributed by atoms with Gasteiger partial charge in [-0.25, -0.2) is 4.79 Å². The van der Waals surface area contributed by atoms with Crippen LogP contribution in [0.25, 0.3) is 11.3 Å². The van der Waals surface area contributed by atoms with Crippen LogP contribution in [0.5, 0.6) is 5.75 Å². The standard InChI is InChI=1S/C28H40N6O4/c1-27(2,3)38-26(36)32-12-13-37-24(17-32)28(4,5)34-18-10-11-19(34)16-33(15-18)22-14-21(30-31-25(22)29)20-8-6-7-9-23(20)35/h6-9,14,18-19,24,35H,10-13,15-17H2,1-5H3,(H2,29,31). The van der Waals surface area contributed by atoms with Gasteiger partial charge in [-0.15, -0.1) is 10.2 Å². The van der Waals surface area contributed by atoms with Gasteiger partial charge in [0, 0.05) is 42.8 Å². The van der Waals surface area contributed by atoms with Crippen molar-refractivity contribution in [1.29, 1.82) is 0 Å². The number of aromatic hydroxyl groups is 1. The van der Waals surface area contributed by atoms with Gasteiger partial charge in [-0.1, -0.05) is 12.1 Å². The summed E-state index contributed by atoms with van der Waals surface area (Å²) in [6.07, 6.45) is 1.75. The number of amides is 1. The minimum Gasteiger partial charge on any atom is -0.507 e. The maximum absolute atomic E-state index is 12.8. The normalized spacial score (nSPS) is 24.5. The van der Waals surface area contributed by atoms with Crippen molar-refractivity contribution in [2.45, 2.75) is 76.8 Å². The van der Waals surface area contributed by atoms with Crippen LogP contribution in [0.1, 0.15) is 47.5 Å². The molecule has 3 aliphatic heterocycles. The number of carbonyl (C=O) groups excluding carboxylic acids is 1. The predicted octanol–water partition coefficient (Wildman–Crippen LogP) is 3.50. The van der Waals surface area contributed by atoms with Crippen LogP contribution in [-0.2, 0) is 9.47 Å². The lowest BCUT2D eigenvalue weighted by Gasteiger charge is -2.53. The molecule has 38 heavy (non-hydrogen) atoms. The van der Waals surface area contributed by atoms with Crippen molar-refractivity contribution < 1.29 is 19.4 Å². The third-order valence-corrected chi connectivity index (χ3v) is 7.98. The summed E-state index contributed by atoms with van der Waals surface area (Å²) in [6.45, 7) is 13.3. The zero-order valence-electron chi connectivity index (χ0n) is 23.1. The summed E-state index contributed by atoms with van der Waals surface area (Å²) in [5.74, 6) is 0.553. The number of phenolic OH excluding ortho intramolecular Hbond substituents is 1. The van der Waals surface area contributed by atoms with E-state index in [1.807, 2.05) is 39.0 Å². The summed E-state index contributed by atoms with van der Waals surface area (Å²) in [4.78, 5) is 19.5. The number of phenols is 1. The van der Waals surface area contributed by atoms with Gasteiger partial charge in [-0.3, -0.25) is 4.90 Å². The first-order chi connectivity index (χ1) is 17.9. The van der Waals surface area contributed by atoms with E-state index in [2.05, 4.69) is 33.8 Å². The molecule has 1 aromatic carbocycles. The Balaban J connectivity index is 1.33. The van der Waals surface area contributed by atoms with Gasteiger partial charge in [-0.2, -0.15) is 0 Å².